The molecule has 8 heteroatoms. The number of benzene rings is 1. The smallest absolute Gasteiger partial charge is 0.238 e. The quantitative estimate of drug-likeness (QED) is 0.693. The highest BCUT2D eigenvalue weighted by atomic mass is 35.5. The molecule has 2 saturated heterocycles. The standard InChI is InChI=1S/C23H26ClN3O4/c1-14(2)16-6-4-5-7-17(16)23(12-27(13-23)21(28)15-10-31-11-15)22(29)26-18-9-25-20(24)8-19(18)30-3/h4-9,14-15H,10-13H2,1-3H3,(H,26,29). The van der Waals surface area contributed by atoms with Gasteiger partial charge in [0.2, 0.25) is 11.8 Å². The number of likely N-dealkylation sites (tertiary alicyclic amines) is 1. The van der Waals surface area contributed by atoms with Gasteiger partial charge in [0.05, 0.1) is 32.4 Å². The number of anilines is 1. The van der Waals surface area contributed by atoms with Gasteiger partial charge in [-0.1, -0.05) is 49.7 Å². The number of hydrogen-bond acceptors (Lipinski definition) is 5. The van der Waals surface area contributed by atoms with Gasteiger partial charge in [-0.15, -0.1) is 0 Å². The van der Waals surface area contributed by atoms with Crippen LogP contribution in [0.25, 0.3) is 0 Å². The first kappa shape index (κ1) is 21.6. The van der Waals surface area contributed by atoms with E-state index in [1.807, 2.05) is 24.3 Å². The largest absolute Gasteiger partial charge is 0.494 e. The van der Waals surface area contributed by atoms with E-state index in [1.165, 1.54) is 13.3 Å². The molecule has 4 rings (SSSR count). The maximum Gasteiger partial charge on any atom is 0.238 e. The summed E-state index contributed by atoms with van der Waals surface area (Å²) in [6.07, 6.45) is 1.48. The highest BCUT2D eigenvalue weighted by Crippen LogP contribution is 2.41. The Morgan fingerprint density at radius 3 is 2.61 bits per heavy atom. The second kappa shape index (κ2) is 8.48. The van der Waals surface area contributed by atoms with E-state index in [4.69, 9.17) is 21.1 Å². The zero-order chi connectivity index (χ0) is 22.2. The molecule has 0 spiro atoms. The Balaban J connectivity index is 1.67. The normalized spacial score (nSPS) is 17.6. The molecular weight excluding hydrogens is 418 g/mol. The van der Waals surface area contributed by atoms with Crippen molar-refractivity contribution in [2.45, 2.75) is 25.2 Å². The molecule has 31 heavy (non-hydrogen) atoms. The number of methoxy groups -OCH3 is 1. The van der Waals surface area contributed by atoms with E-state index in [9.17, 15) is 9.59 Å². The summed E-state index contributed by atoms with van der Waals surface area (Å²) in [4.78, 5) is 32.2. The van der Waals surface area contributed by atoms with Gasteiger partial charge in [0.15, 0.2) is 0 Å². The van der Waals surface area contributed by atoms with Gasteiger partial charge in [-0.3, -0.25) is 9.59 Å². The maximum absolute atomic E-state index is 13.7. The third-order valence-electron chi connectivity index (χ3n) is 6.05. The third-order valence-corrected chi connectivity index (χ3v) is 6.26. The van der Waals surface area contributed by atoms with Gasteiger partial charge >= 0.3 is 0 Å². The van der Waals surface area contributed by atoms with Crippen molar-refractivity contribution < 1.29 is 19.1 Å². The van der Waals surface area contributed by atoms with Crippen molar-refractivity contribution in [3.63, 3.8) is 0 Å². The van der Waals surface area contributed by atoms with Crippen molar-refractivity contribution in [2.75, 3.05) is 38.7 Å². The summed E-state index contributed by atoms with van der Waals surface area (Å²) >= 11 is 5.96. The van der Waals surface area contributed by atoms with Gasteiger partial charge in [0.1, 0.15) is 22.0 Å². The predicted molar refractivity (Wildman–Crippen MR) is 118 cm³/mol. The summed E-state index contributed by atoms with van der Waals surface area (Å²) in [5, 5.41) is 3.24. The molecule has 1 aromatic carbocycles. The Labute approximate surface area is 186 Å². The van der Waals surface area contributed by atoms with Crippen molar-refractivity contribution in [3.05, 3.63) is 52.8 Å². The van der Waals surface area contributed by atoms with Crippen LogP contribution < -0.4 is 10.1 Å². The van der Waals surface area contributed by atoms with Crippen LogP contribution in [0, 0.1) is 5.92 Å². The molecular formula is C23H26ClN3O4. The fourth-order valence-corrected chi connectivity index (χ4v) is 4.34. The molecule has 2 aliphatic rings. The van der Waals surface area contributed by atoms with Gasteiger partial charge in [0.25, 0.3) is 0 Å². The van der Waals surface area contributed by atoms with Crippen molar-refractivity contribution >= 4 is 29.1 Å². The van der Waals surface area contributed by atoms with Gasteiger partial charge in [0, 0.05) is 19.2 Å². The average molecular weight is 444 g/mol. The molecule has 2 amide bonds. The maximum atomic E-state index is 13.7. The van der Waals surface area contributed by atoms with Crippen LogP contribution in [0.15, 0.2) is 36.5 Å². The van der Waals surface area contributed by atoms with Crippen LogP contribution in [0.3, 0.4) is 0 Å². The summed E-state index contributed by atoms with van der Waals surface area (Å²) in [7, 11) is 1.51. The molecule has 1 N–H and O–H groups in total. The number of nitrogens with one attached hydrogen (secondary N) is 1. The van der Waals surface area contributed by atoms with E-state index >= 15 is 0 Å². The minimum atomic E-state index is -0.855. The highest BCUT2D eigenvalue weighted by molar-refractivity contribution is 6.29. The molecule has 0 saturated carbocycles. The third kappa shape index (κ3) is 3.88. The summed E-state index contributed by atoms with van der Waals surface area (Å²) in [6, 6.07) is 9.50. The second-order valence-corrected chi connectivity index (χ2v) is 8.80. The number of carbonyl (C=O) groups is 2. The van der Waals surface area contributed by atoms with Crippen molar-refractivity contribution in [1.82, 2.24) is 9.88 Å². The molecule has 2 fully saturated rings. The van der Waals surface area contributed by atoms with Crippen molar-refractivity contribution in [1.29, 1.82) is 0 Å². The Morgan fingerprint density at radius 2 is 2.00 bits per heavy atom. The first-order chi connectivity index (χ1) is 14.9. The lowest BCUT2D eigenvalue weighted by molar-refractivity contribution is -0.159. The SMILES string of the molecule is COc1cc(Cl)ncc1NC(=O)C1(c2ccccc2C(C)C)CN(C(=O)C2COC2)C1. The number of amides is 2. The number of hydrogen-bond donors (Lipinski definition) is 1. The summed E-state index contributed by atoms with van der Waals surface area (Å²) in [5.74, 6) is 0.401. The van der Waals surface area contributed by atoms with Gasteiger partial charge in [-0.05, 0) is 17.0 Å². The van der Waals surface area contributed by atoms with Gasteiger partial charge in [-0.25, -0.2) is 4.98 Å². The molecule has 3 heterocycles. The Hall–Kier alpha value is -2.64. The first-order valence-electron chi connectivity index (χ1n) is 10.3. The van der Waals surface area contributed by atoms with Gasteiger partial charge in [-0.2, -0.15) is 0 Å². The van der Waals surface area contributed by atoms with Crippen LogP contribution in [-0.4, -0.2) is 55.1 Å². The number of ether oxygens (including phenoxy) is 2. The molecule has 0 aliphatic carbocycles. The average Bonchev–Trinajstić information content (AvgIpc) is 2.67. The monoisotopic (exact) mass is 443 g/mol. The van der Waals surface area contributed by atoms with E-state index in [2.05, 4.69) is 24.1 Å². The second-order valence-electron chi connectivity index (χ2n) is 8.41. The highest BCUT2D eigenvalue weighted by Gasteiger charge is 2.54. The zero-order valence-corrected chi connectivity index (χ0v) is 18.6. The lowest BCUT2D eigenvalue weighted by Gasteiger charge is -2.51. The molecule has 2 aliphatic heterocycles. The van der Waals surface area contributed by atoms with E-state index in [-0.39, 0.29) is 28.8 Å². The Bertz CT molecular complexity index is 1000. The lowest BCUT2D eigenvalue weighted by Crippen LogP contribution is -2.68. The summed E-state index contributed by atoms with van der Waals surface area (Å²) < 4.78 is 10.5. The summed E-state index contributed by atoms with van der Waals surface area (Å²) in [5.41, 5.74) is 1.62. The molecule has 0 bridgehead atoms. The number of pyridine rings is 1. The van der Waals surface area contributed by atoms with Crippen LogP contribution in [0.5, 0.6) is 5.75 Å². The van der Waals surface area contributed by atoms with E-state index in [1.54, 1.807) is 11.0 Å². The Kier molecular flexibility index (Phi) is 5.90. The number of carbonyl (C=O) groups excluding carboxylic acids is 2. The molecule has 0 atom stereocenters. The van der Waals surface area contributed by atoms with Crippen LogP contribution >= 0.6 is 11.6 Å². The van der Waals surface area contributed by atoms with Crippen LogP contribution in [-0.2, 0) is 19.7 Å². The molecule has 2 aromatic rings. The van der Waals surface area contributed by atoms with Crippen LogP contribution in [0.2, 0.25) is 5.15 Å². The minimum absolute atomic E-state index is 0.0439. The zero-order valence-electron chi connectivity index (χ0n) is 17.9. The first-order valence-corrected chi connectivity index (χ1v) is 10.7. The number of aromatic nitrogens is 1. The molecule has 1 aromatic heterocycles. The van der Waals surface area contributed by atoms with E-state index in [0.717, 1.165) is 11.1 Å². The molecule has 0 unspecified atom stereocenters. The van der Waals surface area contributed by atoms with Crippen LogP contribution in [0.4, 0.5) is 5.69 Å². The van der Waals surface area contributed by atoms with Crippen LogP contribution in [0.1, 0.15) is 30.9 Å². The number of nitrogens with zero attached hydrogens (tertiary/aromatic N) is 2. The Morgan fingerprint density at radius 1 is 1.29 bits per heavy atom. The molecule has 7 nitrogen and oxygen atoms in total. The minimum Gasteiger partial charge on any atom is -0.494 e. The predicted octanol–water partition coefficient (Wildman–Crippen LogP) is 3.23. The molecule has 0 radical (unpaired) electrons. The topological polar surface area (TPSA) is 80.8 Å². The number of halogens is 1. The van der Waals surface area contributed by atoms with Crippen molar-refractivity contribution in [3.8, 4) is 5.75 Å². The summed E-state index contributed by atoms with van der Waals surface area (Å²) in [6.45, 7) is 5.74. The van der Waals surface area contributed by atoms with Crippen molar-refractivity contribution in [2.24, 2.45) is 5.92 Å². The lowest BCUT2D eigenvalue weighted by atomic mass is 9.69. The van der Waals surface area contributed by atoms with E-state index < -0.39 is 5.41 Å². The number of rotatable bonds is 6. The van der Waals surface area contributed by atoms with Gasteiger partial charge < -0.3 is 19.7 Å². The fraction of sp³-hybridized carbons (Fsp3) is 0.435. The molecule has 164 valence electrons. The fourth-order valence-electron chi connectivity index (χ4n) is 4.19. The van der Waals surface area contributed by atoms with E-state index in [0.29, 0.717) is 37.7 Å².